The molecule has 0 saturated carbocycles. The Kier molecular flexibility index (Phi) is 6.09. The third kappa shape index (κ3) is 8.59. The highest BCUT2D eigenvalue weighted by Gasteiger charge is 2.16. The van der Waals surface area contributed by atoms with Crippen LogP contribution in [0.4, 0.5) is 0 Å². The predicted molar refractivity (Wildman–Crippen MR) is 53.2 cm³/mol. The Labute approximate surface area is 92.1 Å². The summed E-state index contributed by atoms with van der Waals surface area (Å²) >= 11 is 5.53. The lowest BCUT2D eigenvalue weighted by Crippen LogP contribution is -2.14. The molecule has 0 saturated heterocycles. The van der Waals surface area contributed by atoms with E-state index >= 15 is 0 Å². The van der Waals surface area contributed by atoms with Crippen molar-refractivity contribution in [3.63, 3.8) is 0 Å². The molecule has 0 aromatic carbocycles. The van der Waals surface area contributed by atoms with Crippen LogP contribution >= 0.6 is 19.4 Å². The van der Waals surface area contributed by atoms with E-state index in [1.807, 2.05) is 0 Å². The van der Waals surface area contributed by atoms with Gasteiger partial charge in [0.25, 0.3) is 0 Å². The third-order valence-corrected chi connectivity index (χ3v) is 2.01. The van der Waals surface area contributed by atoms with Gasteiger partial charge in [-0.05, 0) is 6.92 Å². The molecule has 0 amide bonds. The van der Waals surface area contributed by atoms with E-state index < -0.39 is 19.4 Å². The standard InChI is InChI=1S/C7H12ClO6P/c1-5(2)7(9)14-6(8)3-4-13-15(10,11)12/h6H,1,3-4H2,2H3,(H2,10,11,12). The number of carbonyl (C=O) groups excluding carboxylic acids is 1. The van der Waals surface area contributed by atoms with Crippen LogP contribution < -0.4 is 0 Å². The van der Waals surface area contributed by atoms with E-state index in [2.05, 4.69) is 15.8 Å². The van der Waals surface area contributed by atoms with Crippen molar-refractivity contribution >= 4 is 25.4 Å². The van der Waals surface area contributed by atoms with Gasteiger partial charge in [-0.3, -0.25) is 4.52 Å². The minimum atomic E-state index is -4.49. The molecule has 0 aromatic heterocycles. The van der Waals surface area contributed by atoms with Gasteiger partial charge in [-0.15, -0.1) is 0 Å². The van der Waals surface area contributed by atoms with Crippen LogP contribution in [0.2, 0.25) is 0 Å². The lowest BCUT2D eigenvalue weighted by molar-refractivity contribution is -0.141. The predicted octanol–water partition coefficient (Wildman–Crippen LogP) is 1.17. The van der Waals surface area contributed by atoms with Crippen LogP contribution in [0, 0.1) is 0 Å². The first-order valence-electron chi connectivity index (χ1n) is 3.93. The fourth-order valence-electron chi connectivity index (χ4n) is 0.540. The lowest BCUT2D eigenvalue weighted by atomic mass is 10.4. The number of hydrogen-bond acceptors (Lipinski definition) is 4. The van der Waals surface area contributed by atoms with Crippen LogP contribution in [-0.2, 0) is 18.6 Å². The number of esters is 1. The highest BCUT2D eigenvalue weighted by atomic mass is 35.5. The van der Waals surface area contributed by atoms with Crippen LogP contribution in [0.5, 0.6) is 0 Å². The Balaban J connectivity index is 3.76. The monoisotopic (exact) mass is 258 g/mol. The van der Waals surface area contributed by atoms with Crippen molar-refractivity contribution in [3.05, 3.63) is 12.2 Å². The number of phosphoric acid groups is 1. The summed E-state index contributed by atoms with van der Waals surface area (Å²) in [6.07, 6.45) is -0.0221. The number of carbonyl (C=O) groups is 1. The van der Waals surface area contributed by atoms with E-state index in [1.165, 1.54) is 6.92 Å². The second-order valence-corrected chi connectivity index (χ2v) is 4.43. The zero-order valence-electron chi connectivity index (χ0n) is 8.05. The van der Waals surface area contributed by atoms with Gasteiger partial charge in [0.1, 0.15) is 0 Å². The van der Waals surface area contributed by atoms with E-state index in [0.717, 1.165) is 0 Å². The second-order valence-electron chi connectivity index (χ2n) is 2.71. The minimum absolute atomic E-state index is 0.0221. The number of rotatable bonds is 6. The maximum Gasteiger partial charge on any atom is 0.469 e. The molecule has 6 nitrogen and oxygen atoms in total. The summed E-state index contributed by atoms with van der Waals surface area (Å²) < 4.78 is 19.0. The van der Waals surface area contributed by atoms with Crippen molar-refractivity contribution in [1.29, 1.82) is 0 Å². The van der Waals surface area contributed by atoms with Gasteiger partial charge in [0.05, 0.1) is 6.61 Å². The fourth-order valence-corrected chi connectivity index (χ4v) is 1.05. The second kappa shape index (κ2) is 6.25. The molecule has 0 aliphatic heterocycles. The van der Waals surface area contributed by atoms with Gasteiger partial charge >= 0.3 is 13.8 Å². The van der Waals surface area contributed by atoms with Crippen LogP contribution in [0.1, 0.15) is 13.3 Å². The summed E-state index contributed by atoms with van der Waals surface area (Å²) in [5.41, 5.74) is -0.808. The van der Waals surface area contributed by atoms with Gasteiger partial charge in [0.2, 0.25) is 0 Å². The van der Waals surface area contributed by atoms with Gasteiger partial charge in [-0.25, -0.2) is 9.36 Å². The SMILES string of the molecule is C=C(C)C(=O)OC(Cl)CCOP(=O)(O)O. The van der Waals surface area contributed by atoms with E-state index in [0.29, 0.717) is 0 Å². The molecule has 2 N–H and O–H groups in total. The van der Waals surface area contributed by atoms with E-state index in [4.69, 9.17) is 21.4 Å². The molecule has 0 heterocycles. The zero-order valence-corrected chi connectivity index (χ0v) is 9.70. The molecule has 88 valence electrons. The molecule has 0 aromatic rings. The lowest BCUT2D eigenvalue weighted by Gasteiger charge is -2.11. The Morgan fingerprint density at radius 2 is 2.13 bits per heavy atom. The molecule has 0 bridgehead atoms. The first kappa shape index (κ1) is 14.6. The highest BCUT2D eigenvalue weighted by Crippen LogP contribution is 2.35. The number of phosphoric ester groups is 1. The van der Waals surface area contributed by atoms with Crippen molar-refractivity contribution in [2.45, 2.75) is 18.9 Å². The van der Waals surface area contributed by atoms with Crippen molar-refractivity contribution in [3.8, 4) is 0 Å². The smallest absolute Gasteiger partial charge is 0.443 e. The Bertz CT molecular complexity index is 285. The molecule has 0 aliphatic carbocycles. The summed E-state index contributed by atoms with van der Waals surface area (Å²) in [5.74, 6) is -0.661. The molecule has 0 rings (SSSR count). The molecule has 15 heavy (non-hydrogen) atoms. The summed E-state index contributed by atoms with van der Waals surface area (Å²) in [5, 5.41) is 0. The summed E-state index contributed by atoms with van der Waals surface area (Å²) in [4.78, 5) is 27.6. The van der Waals surface area contributed by atoms with Crippen LogP contribution in [-0.4, -0.2) is 27.9 Å². The molecule has 0 fully saturated rings. The van der Waals surface area contributed by atoms with Gasteiger partial charge < -0.3 is 14.5 Å². The summed E-state index contributed by atoms with van der Waals surface area (Å²) in [7, 11) is -4.49. The summed E-state index contributed by atoms with van der Waals surface area (Å²) in [6.45, 7) is 4.49. The first-order chi connectivity index (χ1) is 6.72. The average Bonchev–Trinajstić information content (AvgIpc) is 2.01. The van der Waals surface area contributed by atoms with Gasteiger partial charge in [-0.1, -0.05) is 18.2 Å². The van der Waals surface area contributed by atoms with Gasteiger partial charge in [0, 0.05) is 12.0 Å². The van der Waals surface area contributed by atoms with Gasteiger partial charge in [-0.2, -0.15) is 0 Å². The van der Waals surface area contributed by atoms with Crippen molar-refractivity contribution in [2.24, 2.45) is 0 Å². The normalized spacial score (nSPS) is 13.3. The van der Waals surface area contributed by atoms with E-state index in [9.17, 15) is 9.36 Å². The van der Waals surface area contributed by atoms with E-state index in [-0.39, 0.29) is 18.6 Å². The number of ether oxygens (including phenoxy) is 1. The molecule has 0 spiro atoms. The maximum absolute atomic E-state index is 10.9. The molecular weight excluding hydrogens is 246 g/mol. The van der Waals surface area contributed by atoms with Crippen LogP contribution in [0.25, 0.3) is 0 Å². The maximum atomic E-state index is 10.9. The van der Waals surface area contributed by atoms with Crippen molar-refractivity contribution in [2.75, 3.05) is 6.61 Å². The fraction of sp³-hybridized carbons (Fsp3) is 0.571. The molecule has 0 radical (unpaired) electrons. The first-order valence-corrected chi connectivity index (χ1v) is 5.89. The average molecular weight is 259 g/mol. The Morgan fingerprint density at radius 3 is 2.53 bits per heavy atom. The van der Waals surface area contributed by atoms with Crippen LogP contribution in [0.15, 0.2) is 12.2 Å². The highest BCUT2D eigenvalue weighted by molar-refractivity contribution is 7.46. The summed E-state index contributed by atoms with van der Waals surface area (Å²) in [6, 6.07) is 0. The Morgan fingerprint density at radius 1 is 1.60 bits per heavy atom. The number of halogens is 1. The van der Waals surface area contributed by atoms with Crippen molar-refractivity contribution in [1.82, 2.24) is 0 Å². The topological polar surface area (TPSA) is 93.1 Å². The Hall–Kier alpha value is -0.390. The quantitative estimate of drug-likeness (QED) is 0.321. The van der Waals surface area contributed by atoms with E-state index in [1.54, 1.807) is 0 Å². The van der Waals surface area contributed by atoms with Crippen molar-refractivity contribution < 1.29 is 28.4 Å². The molecule has 1 unspecified atom stereocenters. The molecule has 0 aliphatic rings. The molecular formula is C7H12ClO6P. The largest absolute Gasteiger partial charge is 0.469 e. The third-order valence-electron chi connectivity index (χ3n) is 1.19. The van der Waals surface area contributed by atoms with Crippen LogP contribution in [0.3, 0.4) is 0 Å². The number of hydrogen-bond donors (Lipinski definition) is 2. The zero-order chi connectivity index (χ0) is 12.1. The molecule has 1 atom stereocenters. The number of alkyl halides is 1. The molecule has 8 heteroatoms. The minimum Gasteiger partial charge on any atom is -0.443 e. The van der Waals surface area contributed by atoms with Gasteiger partial charge in [0.15, 0.2) is 5.56 Å².